The predicted octanol–water partition coefficient (Wildman–Crippen LogP) is 1.53. The molecule has 0 amide bonds. The maximum absolute atomic E-state index is 10.0. The lowest BCUT2D eigenvalue weighted by atomic mass is 9.96. The van der Waals surface area contributed by atoms with Crippen LogP contribution in [0.4, 0.5) is 0 Å². The first-order valence-electron chi connectivity index (χ1n) is 7.25. The molecule has 0 aliphatic carbocycles. The topological polar surface area (TPSA) is 95.6 Å². The second kappa shape index (κ2) is 6.72. The average Bonchev–Trinajstić information content (AvgIpc) is 2.91. The summed E-state index contributed by atoms with van der Waals surface area (Å²) in [5.74, 6) is 0. The lowest BCUT2D eigenvalue weighted by Crippen LogP contribution is -2.46. The number of nitrogens with zero attached hydrogens (tertiary/aromatic N) is 4. The summed E-state index contributed by atoms with van der Waals surface area (Å²) in [4.78, 5) is 8.47. The van der Waals surface area contributed by atoms with Crippen molar-refractivity contribution >= 4 is 32.8 Å². The molecule has 0 bridgehead atoms. The quantitative estimate of drug-likeness (QED) is 0.432. The van der Waals surface area contributed by atoms with Crippen molar-refractivity contribution < 1.29 is 10.3 Å². The normalized spacial score (nSPS) is 23.1. The van der Waals surface area contributed by atoms with Crippen molar-refractivity contribution in [1.29, 1.82) is 0 Å². The molecular weight excluding hydrogens is 350 g/mol. The fraction of sp³-hybridized carbons (Fsp3) is 0.500. The van der Waals surface area contributed by atoms with E-state index in [-0.39, 0.29) is 6.04 Å². The van der Waals surface area contributed by atoms with Crippen LogP contribution in [0.3, 0.4) is 0 Å². The largest absolute Gasteiger partial charge is 0.411 e. The van der Waals surface area contributed by atoms with Gasteiger partial charge in [-0.05, 0) is 41.4 Å². The van der Waals surface area contributed by atoms with E-state index in [1.165, 1.54) is 0 Å². The van der Waals surface area contributed by atoms with Crippen molar-refractivity contribution in [3.05, 3.63) is 23.1 Å². The minimum Gasteiger partial charge on any atom is -0.411 e. The Hall–Kier alpha value is -1.51. The highest BCUT2D eigenvalue weighted by atomic mass is 79.9. The molecule has 1 fully saturated rings. The monoisotopic (exact) mass is 367 g/mol. The Morgan fingerprint density at radius 3 is 3.14 bits per heavy atom. The van der Waals surface area contributed by atoms with Crippen molar-refractivity contribution in [2.45, 2.75) is 38.0 Å². The first-order valence-corrected chi connectivity index (χ1v) is 8.04. The summed E-state index contributed by atoms with van der Waals surface area (Å²) >= 11 is 3.40. The number of nitrogens with one attached hydrogen (secondary N) is 1. The van der Waals surface area contributed by atoms with Crippen LogP contribution in [0, 0.1) is 0 Å². The third kappa shape index (κ3) is 3.29. The van der Waals surface area contributed by atoms with E-state index in [4.69, 9.17) is 0 Å². The van der Waals surface area contributed by atoms with Gasteiger partial charge in [0.05, 0.1) is 30.2 Å². The zero-order valence-electron chi connectivity index (χ0n) is 12.0. The number of oxime groups is 1. The van der Waals surface area contributed by atoms with Gasteiger partial charge in [-0.1, -0.05) is 5.16 Å². The highest BCUT2D eigenvalue weighted by Gasteiger charge is 2.24. The van der Waals surface area contributed by atoms with Crippen LogP contribution in [-0.4, -0.2) is 49.3 Å². The minimum absolute atomic E-state index is 0.0701. The molecule has 1 saturated heterocycles. The Kier molecular flexibility index (Phi) is 4.70. The Morgan fingerprint density at radius 2 is 2.36 bits per heavy atom. The second-order valence-corrected chi connectivity index (χ2v) is 6.42. The summed E-state index contributed by atoms with van der Waals surface area (Å²) in [6.45, 7) is 1.29. The molecule has 7 nitrogen and oxygen atoms in total. The van der Waals surface area contributed by atoms with Crippen LogP contribution in [0.5, 0.6) is 0 Å². The van der Waals surface area contributed by atoms with Crippen LogP contribution >= 0.6 is 15.9 Å². The van der Waals surface area contributed by atoms with Crippen LogP contribution in [0.1, 0.15) is 19.3 Å². The van der Waals surface area contributed by atoms with E-state index >= 15 is 0 Å². The number of fused-ring (bicyclic) bond motifs is 1. The first kappa shape index (κ1) is 15.4. The molecule has 1 aliphatic heterocycles. The van der Waals surface area contributed by atoms with Gasteiger partial charge in [0.15, 0.2) is 5.65 Å². The van der Waals surface area contributed by atoms with Gasteiger partial charge < -0.3 is 20.2 Å². The fourth-order valence-corrected chi connectivity index (χ4v) is 3.10. The molecule has 3 N–H and O–H groups in total. The molecule has 2 atom stereocenters. The van der Waals surface area contributed by atoms with E-state index in [0.29, 0.717) is 24.3 Å². The first-order chi connectivity index (χ1) is 10.7. The van der Waals surface area contributed by atoms with E-state index in [0.717, 1.165) is 29.4 Å². The van der Waals surface area contributed by atoms with Crippen LogP contribution in [-0.2, 0) is 6.54 Å². The van der Waals surface area contributed by atoms with Gasteiger partial charge >= 0.3 is 0 Å². The van der Waals surface area contributed by atoms with Crippen molar-refractivity contribution in [2.24, 2.45) is 5.16 Å². The molecule has 1 aliphatic rings. The number of piperidine rings is 1. The van der Waals surface area contributed by atoms with Gasteiger partial charge in [-0.3, -0.25) is 0 Å². The Morgan fingerprint density at radius 1 is 1.50 bits per heavy atom. The van der Waals surface area contributed by atoms with Gasteiger partial charge in [-0.15, -0.1) is 0 Å². The second-order valence-electron chi connectivity index (χ2n) is 5.51. The van der Waals surface area contributed by atoms with E-state index in [9.17, 15) is 10.3 Å². The maximum atomic E-state index is 10.0. The molecule has 2 aromatic heterocycles. The Bertz CT molecular complexity index is 687. The third-order valence-corrected chi connectivity index (χ3v) is 4.37. The van der Waals surface area contributed by atoms with Gasteiger partial charge in [0.2, 0.25) is 0 Å². The molecular formula is C14H18BrN5O2. The molecule has 2 aromatic rings. The fourth-order valence-electron chi connectivity index (χ4n) is 2.78. The standard InChI is InChI=1S/C14H18BrN5O2/c15-9-4-12-14(17-6-9)18-8-20(12)7-10(19-22)5-11-13(21)2-1-3-16-11/h4,6,8,11,13,16,21-22H,1-3,5,7H2/t11-,13+/m1/s1. The summed E-state index contributed by atoms with van der Waals surface area (Å²) in [6.07, 6.45) is 5.22. The summed E-state index contributed by atoms with van der Waals surface area (Å²) in [6, 6.07) is 1.86. The van der Waals surface area contributed by atoms with E-state index < -0.39 is 6.10 Å². The van der Waals surface area contributed by atoms with Crippen LogP contribution in [0.2, 0.25) is 0 Å². The predicted molar refractivity (Wildman–Crippen MR) is 86.1 cm³/mol. The average molecular weight is 368 g/mol. The molecule has 0 saturated carbocycles. The number of halogens is 1. The third-order valence-electron chi connectivity index (χ3n) is 3.94. The lowest BCUT2D eigenvalue weighted by Gasteiger charge is -2.29. The molecule has 118 valence electrons. The van der Waals surface area contributed by atoms with Crippen molar-refractivity contribution in [3.8, 4) is 0 Å². The van der Waals surface area contributed by atoms with Gasteiger partial charge in [-0.25, -0.2) is 9.97 Å². The van der Waals surface area contributed by atoms with Crippen molar-refractivity contribution in [2.75, 3.05) is 6.54 Å². The summed E-state index contributed by atoms with van der Waals surface area (Å²) in [5, 5.41) is 26.0. The molecule has 8 heteroatoms. The molecule has 0 radical (unpaired) electrons. The lowest BCUT2D eigenvalue weighted by molar-refractivity contribution is 0.0987. The molecule has 0 unspecified atom stereocenters. The van der Waals surface area contributed by atoms with Crippen LogP contribution in [0.25, 0.3) is 11.2 Å². The highest BCUT2D eigenvalue weighted by Crippen LogP contribution is 2.18. The number of pyridine rings is 1. The van der Waals surface area contributed by atoms with Gasteiger partial charge in [0, 0.05) is 23.1 Å². The molecule has 3 heterocycles. The summed E-state index contributed by atoms with van der Waals surface area (Å²) in [7, 11) is 0. The zero-order chi connectivity index (χ0) is 15.5. The zero-order valence-corrected chi connectivity index (χ0v) is 13.6. The van der Waals surface area contributed by atoms with Gasteiger partial charge in [-0.2, -0.15) is 0 Å². The smallest absolute Gasteiger partial charge is 0.177 e. The number of imidazole rings is 1. The minimum atomic E-state index is -0.402. The Balaban J connectivity index is 1.75. The number of aliphatic hydroxyl groups is 1. The van der Waals surface area contributed by atoms with E-state index in [1.54, 1.807) is 12.5 Å². The van der Waals surface area contributed by atoms with E-state index in [2.05, 4.69) is 36.4 Å². The number of aliphatic hydroxyl groups excluding tert-OH is 1. The molecule has 3 rings (SSSR count). The number of hydrogen-bond donors (Lipinski definition) is 3. The number of aromatic nitrogens is 3. The van der Waals surface area contributed by atoms with Crippen molar-refractivity contribution in [3.63, 3.8) is 0 Å². The molecule has 22 heavy (non-hydrogen) atoms. The summed E-state index contributed by atoms with van der Waals surface area (Å²) < 4.78 is 2.76. The molecule has 0 aromatic carbocycles. The number of rotatable bonds is 4. The van der Waals surface area contributed by atoms with Crippen LogP contribution in [0.15, 0.2) is 28.2 Å². The maximum Gasteiger partial charge on any atom is 0.177 e. The van der Waals surface area contributed by atoms with E-state index in [1.807, 2.05) is 10.6 Å². The van der Waals surface area contributed by atoms with Gasteiger partial charge in [0.25, 0.3) is 0 Å². The van der Waals surface area contributed by atoms with Crippen LogP contribution < -0.4 is 5.32 Å². The SMILES string of the molecule is ON=C(C[C@H]1NCCC[C@@H]1O)Cn1cnc2ncc(Br)cc21. The highest BCUT2D eigenvalue weighted by molar-refractivity contribution is 9.10. The number of hydrogen-bond acceptors (Lipinski definition) is 6. The Labute approximate surface area is 136 Å². The summed E-state index contributed by atoms with van der Waals surface area (Å²) in [5.41, 5.74) is 2.11. The van der Waals surface area contributed by atoms with Gasteiger partial charge in [0.1, 0.15) is 0 Å². The van der Waals surface area contributed by atoms with Crippen molar-refractivity contribution in [1.82, 2.24) is 19.9 Å². The molecule has 0 spiro atoms.